The summed E-state index contributed by atoms with van der Waals surface area (Å²) in [6.45, 7) is 3.86. The number of fused-ring (bicyclic) bond motifs is 1. The summed E-state index contributed by atoms with van der Waals surface area (Å²) >= 11 is 0. The van der Waals surface area contributed by atoms with Crippen LogP contribution < -0.4 is 14.9 Å². The van der Waals surface area contributed by atoms with Crippen molar-refractivity contribution in [1.29, 1.82) is 0 Å². The second-order valence-electron chi connectivity index (χ2n) is 7.49. The van der Waals surface area contributed by atoms with Crippen LogP contribution in [0.15, 0.2) is 69.9 Å². The van der Waals surface area contributed by atoms with Crippen molar-refractivity contribution < 1.29 is 18.8 Å². The van der Waals surface area contributed by atoms with E-state index in [1.807, 2.05) is 26.0 Å². The van der Waals surface area contributed by atoms with Crippen LogP contribution in [0.5, 0.6) is 11.5 Å². The molecule has 0 aliphatic rings. The van der Waals surface area contributed by atoms with Crippen molar-refractivity contribution in [2.45, 2.75) is 20.5 Å². The van der Waals surface area contributed by atoms with Crippen molar-refractivity contribution in [3.8, 4) is 22.8 Å². The molecule has 0 bridgehead atoms. The van der Waals surface area contributed by atoms with Gasteiger partial charge in [0.2, 0.25) is 11.2 Å². The van der Waals surface area contributed by atoms with Crippen molar-refractivity contribution in [2.75, 3.05) is 7.11 Å². The van der Waals surface area contributed by atoms with Gasteiger partial charge in [0.15, 0.2) is 5.76 Å². The number of hydrogen-bond acceptors (Lipinski definition) is 6. The highest BCUT2D eigenvalue weighted by Gasteiger charge is 2.20. The molecular weight excluding hydrogens is 410 g/mol. The standard InChI is InChI=1S/C25H21NO6/c1-15-12-16(2)22-21(13-15)32-24(18-6-10-20(30-3)11-7-18)25(23(22)27)31-14-17-4-8-19(9-5-17)26(28)29/h4-13H,14H2,1-3H3. The lowest BCUT2D eigenvalue weighted by atomic mass is 10.0. The number of non-ortho nitro benzene ring substituents is 1. The number of hydrogen-bond donors (Lipinski definition) is 0. The Morgan fingerprint density at radius 3 is 2.31 bits per heavy atom. The fraction of sp³-hybridized carbons (Fsp3) is 0.160. The van der Waals surface area contributed by atoms with Crippen molar-refractivity contribution in [3.63, 3.8) is 0 Å². The minimum Gasteiger partial charge on any atom is -0.497 e. The first-order valence-corrected chi connectivity index (χ1v) is 9.96. The zero-order valence-corrected chi connectivity index (χ0v) is 17.9. The van der Waals surface area contributed by atoms with E-state index in [-0.39, 0.29) is 23.5 Å². The number of nitrogens with zero attached hydrogens (tertiary/aromatic N) is 1. The smallest absolute Gasteiger partial charge is 0.269 e. The zero-order valence-electron chi connectivity index (χ0n) is 17.9. The van der Waals surface area contributed by atoms with E-state index in [2.05, 4.69) is 0 Å². The molecule has 32 heavy (non-hydrogen) atoms. The van der Waals surface area contributed by atoms with Gasteiger partial charge in [0.25, 0.3) is 5.69 Å². The molecule has 0 fully saturated rings. The van der Waals surface area contributed by atoms with E-state index in [1.54, 1.807) is 43.5 Å². The largest absolute Gasteiger partial charge is 0.497 e. The Labute approximate surface area is 184 Å². The fourth-order valence-corrected chi connectivity index (χ4v) is 3.61. The Kier molecular flexibility index (Phi) is 5.64. The van der Waals surface area contributed by atoms with Crippen molar-refractivity contribution in [3.05, 3.63) is 97.7 Å². The van der Waals surface area contributed by atoms with Crippen LogP contribution in [0.1, 0.15) is 16.7 Å². The van der Waals surface area contributed by atoms with Gasteiger partial charge in [-0.1, -0.05) is 6.07 Å². The van der Waals surface area contributed by atoms with E-state index >= 15 is 0 Å². The van der Waals surface area contributed by atoms with Crippen LogP contribution >= 0.6 is 0 Å². The van der Waals surface area contributed by atoms with E-state index < -0.39 is 4.92 Å². The van der Waals surface area contributed by atoms with Gasteiger partial charge in [-0.05, 0) is 73.0 Å². The molecule has 0 saturated carbocycles. The summed E-state index contributed by atoms with van der Waals surface area (Å²) in [6.07, 6.45) is 0. The molecule has 0 saturated heterocycles. The van der Waals surface area contributed by atoms with Crippen molar-refractivity contribution in [2.24, 2.45) is 0 Å². The highest BCUT2D eigenvalue weighted by molar-refractivity contribution is 5.85. The zero-order chi connectivity index (χ0) is 22.8. The van der Waals surface area contributed by atoms with Crippen LogP contribution in [0.25, 0.3) is 22.3 Å². The van der Waals surface area contributed by atoms with Gasteiger partial charge < -0.3 is 13.9 Å². The van der Waals surface area contributed by atoms with Gasteiger partial charge in [0.05, 0.1) is 17.4 Å². The topological polar surface area (TPSA) is 91.8 Å². The van der Waals surface area contributed by atoms with Gasteiger partial charge in [0, 0.05) is 17.7 Å². The molecule has 0 amide bonds. The van der Waals surface area contributed by atoms with Crippen LogP contribution in [-0.4, -0.2) is 12.0 Å². The van der Waals surface area contributed by atoms with Crippen molar-refractivity contribution in [1.82, 2.24) is 0 Å². The Morgan fingerprint density at radius 1 is 1.00 bits per heavy atom. The first-order chi connectivity index (χ1) is 15.4. The van der Waals surface area contributed by atoms with Crippen molar-refractivity contribution >= 4 is 16.7 Å². The second kappa shape index (κ2) is 8.55. The lowest BCUT2D eigenvalue weighted by Gasteiger charge is -2.13. The number of rotatable bonds is 6. The maximum absolute atomic E-state index is 13.4. The maximum atomic E-state index is 13.4. The lowest BCUT2D eigenvalue weighted by Crippen LogP contribution is -2.11. The minimum atomic E-state index is -0.463. The molecular formula is C25H21NO6. The number of methoxy groups -OCH3 is 1. The molecule has 0 radical (unpaired) electrons. The van der Waals surface area contributed by atoms with E-state index in [4.69, 9.17) is 13.9 Å². The SMILES string of the molecule is COc1ccc(-c2oc3cc(C)cc(C)c3c(=O)c2OCc2ccc([N+](=O)[O-])cc2)cc1. The Balaban J connectivity index is 1.81. The monoisotopic (exact) mass is 431 g/mol. The number of ether oxygens (including phenoxy) is 2. The fourth-order valence-electron chi connectivity index (χ4n) is 3.61. The van der Waals surface area contributed by atoms with E-state index in [0.717, 1.165) is 11.1 Å². The predicted octanol–water partition coefficient (Wildman–Crippen LogP) is 5.57. The predicted molar refractivity (Wildman–Crippen MR) is 121 cm³/mol. The summed E-state index contributed by atoms with van der Waals surface area (Å²) in [5.74, 6) is 1.09. The summed E-state index contributed by atoms with van der Waals surface area (Å²) in [5, 5.41) is 11.3. The van der Waals surface area contributed by atoms with Gasteiger partial charge >= 0.3 is 0 Å². The van der Waals surface area contributed by atoms with Gasteiger partial charge in [0.1, 0.15) is 17.9 Å². The molecule has 0 aliphatic carbocycles. The highest BCUT2D eigenvalue weighted by atomic mass is 16.6. The Hall–Kier alpha value is -4.13. The molecule has 0 spiro atoms. The average molecular weight is 431 g/mol. The molecule has 4 aromatic rings. The molecule has 0 aliphatic heterocycles. The third kappa shape index (κ3) is 4.05. The van der Waals surface area contributed by atoms with Crippen LogP contribution in [0, 0.1) is 24.0 Å². The molecule has 7 heteroatoms. The summed E-state index contributed by atoms with van der Waals surface area (Å²) in [6, 6.07) is 16.9. The molecule has 0 N–H and O–H groups in total. The molecule has 162 valence electrons. The third-order valence-corrected chi connectivity index (χ3v) is 5.18. The van der Waals surface area contributed by atoms with E-state index in [0.29, 0.717) is 33.6 Å². The molecule has 0 atom stereocenters. The first-order valence-electron chi connectivity index (χ1n) is 9.96. The van der Waals surface area contributed by atoms with Crippen LogP contribution in [0.3, 0.4) is 0 Å². The van der Waals surface area contributed by atoms with E-state index in [9.17, 15) is 14.9 Å². The summed E-state index contributed by atoms with van der Waals surface area (Å²) in [4.78, 5) is 23.9. The third-order valence-electron chi connectivity index (χ3n) is 5.18. The Morgan fingerprint density at radius 2 is 1.69 bits per heavy atom. The van der Waals surface area contributed by atoms with E-state index in [1.165, 1.54) is 12.1 Å². The summed E-state index contributed by atoms with van der Waals surface area (Å²) in [5.41, 5.74) is 3.36. The lowest BCUT2D eigenvalue weighted by molar-refractivity contribution is -0.384. The highest BCUT2D eigenvalue weighted by Crippen LogP contribution is 2.33. The molecule has 0 unspecified atom stereocenters. The maximum Gasteiger partial charge on any atom is 0.269 e. The molecule has 3 aromatic carbocycles. The van der Waals surface area contributed by atoms with Crippen LogP contribution in [0.2, 0.25) is 0 Å². The molecule has 1 heterocycles. The number of benzene rings is 3. The normalized spacial score (nSPS) is 10.8. The Bertz CT molecular complexity index is 1350. The number of aryl methyl sites for hydroxylation is 2. The summed E-state index contributed by atoms with van der Waals surface area (Å²) < 4.78 is 17.4. The van der Waals surface area contributed by atoms with Crippen LogP contribution in [0.4, 0.5) is 5.69 Å². The summed E-state index contributed by atoms with van der Waals surface area (Å²) in [7, 11) is 1.58. The molecule has 1 aromatic heterocycles. The van der Waals surface area contributed by atoms with Gasteiger partial charge in [-0.3, -0.25) is 14.9 Å². The average Bonchev–Trinajstić information content (AvgIpc) is 2.78. The quantitative estimate of drug-likeness (QED) is 0.293. The minimum absolute atomic E-state index is 0.0103. The molecule has 7 nitrogen and oxygen atoms in total. The van der Waals surface area contributed by atoms with Crippen LogP contribution in [-0.2, 0) is 6.61 Å². The van der Waals surface area contributed by atoms with Gasteiger partial charge in [-0.15, -0.1) is 0 Å². The number of nitro benzene ring substituents is 1. The second-order valence-corrected chi connectivity index (χ2v) is 7.49. The molecule has 4 rings (SSSR count). The van der Waals surface area contributed by atoms with Gasteiger partial charge in [-0.25, -0.2) is 0 Å². The number of nitro groups is 1. The first kappa shape index (κ1) is 21.1. The van der Waals surface area contributed by atoms with Gasteiger partial charge in [-0.2, -0.15) is 0 Å².